The van der Waals surface area contributed by atoms with Crippen LogP contribution >= 0.6 is 11.6 Å². The highest BCUT2D eigenvalue weighted by molar-refractivity contribution is 6.31. The predicted molar refractivity (Wildman–Crippen MR) is 97.8 cm³/mol. The fourth-order valence-corrected chi connectivity index (χ4v) is 2.45. The highest BCUT2D eigenvalue weighted by Gasteiger charge is 2.10. The maximum Gasteiger partial charge on any atom is 0.272 e. The van der Waals surface area contributed by atoms with Crippen LogP contribution in [0.5, 0.6) is 0 Å². The van der Waals surface area contributed by atoms with Crippen molar-refractivity contribution in [2.75, 3.05) is 5.32 Å². The summed E-state index contributed by atoms with van der Waals surface area (Å²) in [6.07, 6.45) is 1.52. The van der Waals surface area contributed by atoms with Gasteiger partial charge in [0.1, 0.15) is 11.5 Å². The van der Waals surface area contributed by atoms with Gasteiger partial charge in [-0.3, -0.25) is 9.59 Å². The van der Waals surface area contributed by atoms with Crippen molar-refractivity contribution in [3.05, 3.63) is 88.5 Å². The Bertz CT molecular complexity index is 921. The second-order valence-electron chi connectivity index (χ2n) is 5.57. The Hall–Kier alpha value is -3.12. The first kappa shape index (κ1) is 17.7. The van der Waals surface area contributed by atoms with Crippen LogP contribution in [0.25, 0.3) is 0 Å². The number of nitrogens with one attached hydrogen (secondary N) is 3. The number of benzene rings is 2. The monoisotopic (exact) mass is 371 g/mol. The molecule has 0 atom stereocenters. The molecule has 0 spiro atoms. The summed E-state index contributed by atoms with van der Waals surface area (Å²) in [6, 6.07) is 13.9. The number of anilines is 1. The van der Waals surface area contributed by atoms with Crippen LogP contribution in [-0.4, -0.2) is 16.8 Å². The molecule has 3 rings (SSSR count). The van der Waals surface area contributed by atoms with Crippen molar-refractivity contribution in [1.29, 1.82) is 0 Å². The molecule has 0 saturated heterocycles. The molecule has 7 heteroatoms. The van der Waals surface area contributed by atoms with Gasteiger partial charge in [-0.15, -0.1) is 0 Å². The second-order valence-corrected chi connectivity index (χ2v) is 6.01. The van der Waals surface area contributed by atoms with Crippen molar-refractivity contribution in [2.24, 2.45) is 0 Å². The van der Waals surface area contributed by atoms with Crippen molar-refractivity contribution in [3.8, 4) is 0 Å². The minimum atomic E-state index is -0.328. The summed E-state index contributed by atoms with van der Waals surface area (Å²) in [4.78, 5) is 26.9. The summed E-state index contributed by atoms with van der Waals surface area (Å²) in [6.45, 7) is 0.297. The van der Waals surface area contributed by atoms with Crippen LogP contribution in [0.15, 0.2) is 60.8 Å². The Morgan fingerprint density at radius 2 is 1.69 bits per heavy atom. The summed E-state index contributed by atoms with van der Waals surface area (Å²) >= 11 is 5.77. The zero-order valence-corrected chi connectivity index (χ0v) is 14.3. The summed E-state index contributed by atoms with van der Waals surface area (Å²) in [5, 5.41) is 5.91. The van der Waals surface area contributed by atoms with Gasteiger partial charge in [-0.2, -0.15) is 0 Å². The van der Waals surface area contributed by atoms with Crippen LogP contribution in [0.3, 0.4) is 0 Å². The lowest BCUT2D eigenvalue weighted by Gasteiger charge is -2.07. The molecule has 0 unspecified atom stereocenters. The van der Waals surface area contributed by atoms with Crippen molar-refractivity contribution in [1.82, 2.24) is 10.3 Å². The predicted octanol–water partition coefficient (Wildman–Crippen LogP) is 3.99. The third-order valence-electron chi connectivity index (χ3n) is 3.66. The fraction of sp³-hybridized carbons (Fsp3) is 0.0526. The Balaban J connectivity index is 1.57. The molecular formula is C19H15ClFN3O2. The van der Waals surface area contributed by atoms with Gasteiger partial charge in [0.2, 0.25) is 0 Å². The lowest BCUT2D eigenvalue weighted by Crippen LogP contribution is -2.22. The normalized spacial score (nSPS) is 10.4. The number of aromatic amines is 1. The van der Waals surface area contributed by atoms with Gasteiger partial charge in [0, 0.05) is 24.0 Å². The van der Waals surface area contributed by atoms with Gasteiger partial charge in [0.05, 0.1) is 5.02 Å². The van der Waals surface area contributed by atoms with Crippen molar-refractivity contribution >= 4 is 29.1 Å². The van der Waals surface area contributed by atoms with Crippen molar-refractivity contribution in [2.45, 2.75) is 6.54 Å². The van der Waals surface area contributed by atoms with Gasteiger partial charge in [0.25, 0.3) is 11.8 Å². The molecule has 0 fully saturated rings. The van der Waals surface area contributed by atoms with Crippen LogP contribution in [0.1, 0.15) is 26.4 Å². The minimum Gasteiger partial charge on any atom is -0.356 e. The third kappa shape index (κ3) is 4.49. The summed E-state index contributed by atoms with van der Waals surface area (Å²) < 4.78 is 12.9. The third-order valence-corrected chi connectivity index (χ3v) is 3.88. The molecule has 3 N–H and O–H groups in total. The number of rotatable bonds is 5. The number of amides is 2. The number of aromatic nitrogens is 1. The lowest BCUT2D eigenvalue weighted by atomic mass is 10.1. The molecule has 0 radical (unpaired) electrons. The van der Waals surface area contributed by atoms with Crippen LogP contribution in [0.2, 0.25) is 5.02 Å². The zero-order valence-electron chi connectivity index (χ0n) is 13.6. The van der Waals surface area contributed by atoms with E-state index in [4.69, 9.17) is 11.6 Å². The molecule has 1 aromatic heterocycles. The zero-order chi connectivity index (χ0) is 18.5. The summed E-state index contributed by atoms with van der Waals surface area (Å²) in [7, 11) is 0. The van der Waals surface area contributed by atoms with Crippen LogP contribution in [0.4, 0.5) is 10.1 Å². The molecule has 26 heavy (non-hydrogen) atoms. The maximum atomic E-state index is 12.9. The van der Waals surface area contributed by atoms with Gasteiger partial charge in [-0.05, 0) is 48.0 Å². The Morgan fingerprint density at radius 3 is 2.31 bits per heavy atom. The van der Waals surface area contributed by atoms with E-state index in [9.17, 15) is 14.0 Å². The fourth-order valence-electron chi connectivity index (χ4n) is 2.29. The first-order valence-electron chi connectivity index (χ1n) is 7.79. The summed E-state index contributed by atoms with van der Waals surface area (Å²) in [5.41, 5.74) is 2.15. The molecule has 132 valence electrons. The van der Waals surface area contributed by atoms with Crippen molar-refractivity contribution < 1.29 is 14.0 Å². The molecule has 0 bridgehead atoms. The summed E-state index contributed by atoms with van der Waals surface area (Å²) in [5.74, 6) is -0.909. The van der Waals surface area contributed by atoms with E-state index in [1.54, 1.807) is 36.4 Å². The quantitative estimate of drug-likeness (QED) is 0.634. The van der Waals surface area contributed by atoms with Crippen LogP contribution in [-0.2, 0) is 6.54 Å². The number of halogens is 2. The molecular weight excluding hydrogens is 357 g/mol. The van der Waals surface area contributed by atoms with Gasteiger partial charge in [-0.25, -0.2) is 4.39 Å². The molecule has 0 saturated carbocycles. The van der Waals surface area contributed by atoms with E-state index in [0.717, 1.165) is 5.56 Å². The van der Waals surface area contributed by atoms with E-state index in [0.29, 0.717) is 28.5 Å². The van der Waals surface area contributed by atoms with Crippen LogP contribution in [0, 0.1) is 5.82 Å². The number of hydrogen-bond donors (Lipinski definition) is 3. The molecule has 1 heterocycles. The average molecular weight is 372 g/mol. The SMILES string of the molecule is O=C(NCc1ccc(F)cc1)c1ccc(NC(=O)c2cc(Cl)c[nH]2)cc1. The largest absolute Gasteiger partial charge is 0.356 e. The first-order chi connectivity index (χ1) is 12.5. The number of hydrogen-bond acceptors (Lipinski definition) is 2. The maximum absolute atomic E-state index is 12.9. The smallest absolute Gasteiger partial charge is 0.272 e. The highest BCUT2D eigenvalue weighted by Crippen LogP contribution is 2.14. The molecule has 0 aliphatic rings. The van der Waals surface area contributed by atoms with Gasteiger partial charge < -0.3 is 15.6 Å². The Morgan fingerprint density at radius 1 is 1.00 bits per heavy atom. The molecule has 2 amide bonds. The Labute approximate surface area is 154 Å². The first-order valence-corrected chi connectivity index (χ1v) is 8.17. The van der Waals surface area contributed by atoms with E-state index >= 15 is 0 Å². The van der Waals surface area contributed by atoms with Crippen LogP contribution < -0.4 is 10.6 Å². The minimum absolute atomic E-state index is 0.261. The molecule has 5 nitrogen and oxygen atoms in total. The number of carbonyl (C=O) groups excluding carboxylic acids is 2. The van der Waals surface area contributed by atoms with E-state index in [1.807, 2.05) is 0 Å². The molecule has 2 aromatic carbocycles. The van der Waals surface area contributed by atoms with Gasteiger partial charge >= 0.3 is 0 Å². The number of carbonyl (C=O) groups is 2. The van der Waals surface area contributed by atoms with Gasteiger partial charge in [-0.1, -0.05) is 23.7 Å². The second kappa shape index (κ2) is 7.84. The van der Waals surface area contributed by atoms with E-state index in [-0.39, 0.29) is 17.6 Å². The average Bonchev–Trinajstić information content (AvgIpc) is 3.08. The molecule has 0 aliphatic heterocycles. The highest BCUT2D eigenvalue weighted by atomic mass is 35.5. The van der Waals surface area contributed by atoms with Crippen molar-refractivity contribution in [3.63, 3.8) is 0 Å². The standard InChI is InChI=1S/C19H15ClFN3O2/c20-14-9-17(22-11-14)19(26)24-16-7-3-13(4-8-16)18(25)23-10-12-1-5-15(21)6-2-12/h1-9,11,22H,10H2,(H,23,25)(H,24,26). The Kier molecular flexibility index (Phi) is 5.34. The van der Waals surface area contributed by atoms with E-state index in [1.165, 1.54) is 24.4 Å². The van der Waals surface area contributed by atoms with E-state index < -0.39 is 0 Å². The number of H-pyrrole nitrogens is 1. The van der Waals surface area contributed by atoms with Gasteiger partial charge in [0.15, 0.2) is 0 Å². The lowest BCUT2D eigenvalue weighted by molar-refractivity contribution is 0.0950. The van der Waals surface area contributed by atoms with E-state index in [2.05, 4.69) is 15.6 Å². The molecule has 0 aliphatic carbocycles. The molecule has 3 aromatic rings. The topological polar surface area (TPSA) is 74.0 Å².